The Hall–Kier alpha value is -2.13. The molecule has 1 aliphatic heterocycles. The van der Waals surface area contributed by atoms with Crippen LogP contribution in [-0.2, 0) is 11.2 Å². The Morgan fingerprint density at radius 2 is 1.77 bits per heavy atom. The normalized spacial score (nSPS) is 15.8. The molecule has 1 unspecified atom stereocenters. The van der Waals surface area contributed by atoms with Crippen LogP contribution < -0.4 is 10.6 Å². The summed E-state index contributed by atoms with van der Waals surface area (Å²) in [6.45, 7) is 0.789. The zero-order valence-electron chi connectivity index (χ0n) is 12.7. The van der Waals surface area contributed by atoms with E-state index >= 15 is 0 Å². The van der Waals surface area contributed by atoms with Crippen LogP contribution in [0.25, 0.3) is 0 Å². The van der Waals surface area contributed by atoms with Crippen LogP contribution in [0, 0.1) is 0 Å². The minimum Gasteiger partial charge on any atom is -0.324 e. The van der Waals surface area contributed by atoms with Gasteiger partial charge in [0.05, 0.1) is 0 Å². The molecular weight excluding hydrogens is 272 g/mol. The fourth-order valence-corrected chi connectivity index (χ4v) is 3.07. The third-order valence-corrected chi connectivity index (χ3v) is 4.28. The minimum absolute atomic E-state index is 0.116. The van der Waals surface area contributed by atoms with Gasteiger partial charge in [0, 0.05) is 24.7 Å². The lowest BCUT2D eigenvalue weighted by Gasteiger charge is -2.24. The molecule has 0 fully saturated rings. The molecule has 0 bridgehead atoms. The average molecular weight is 294 g/mol. The Balaban J connectivity index is 1.77. The molecule has 1 aliphatic rings. The summed E-state index contributed by atoms with van der Waals surface area (Å²) in [6.07, 6.45) is 3.57. The third kappa shape index (κ3) is 3.20. The molecule has 2 aromatic carbocycles. The van der Waals surface area contributed by atoms with Gasteiger partial charge in [-0.3, -0.25) is 4.79 Å². The average Bonchev–Trinajstić information content (AvgIpc) is 2.78. The molecular formula is C19H22N2O. The highest BCUT2D eigenvalue weighted by molar-refractivity contribution is 5.94. The first-order valence-corrected chi connectivity index (χ1v) is 7.94. The van der Waals surface area contributed by atoms with Crippen molar-refractivity contribution >= 4 is 11.6 Å². The van der Waals surface area contributed by atoms with E-state index in [9.17, 15) is 4.79 Å². The Bertz CT molecular complexity index is 639. The van der Waals surface area contributed by atoms with Crippen molar-refractivity contribution in [3.63, 3.8) is 0 Å². The van der Waals surface area contributed by atoms with Crippen molar-refractivity contribution in [3.05, 3.63) is 65.7 Å². The first-order valence-electron chi connectivity index (χ1n) is 7.94. The van der Waals surface area contributed by atoms with E-state index in [1.165, 1.54) is 5.56 Å². The van der Waals surface area contributed by atoms with Crippen LogP contribution in [0.2, 0.25) is 0 Å². The largest absolute Gasteiger partial charge is 0.324 e. The number of para-hydroxylation sites is 1. The standard InChI is InChI=1S/C19H22N2O/c20-17(15-8-2-1-3-9-15)14-19(22)21-13-7-6-11-16-10-4-5-12-18(16)21/h1-5,8-10,12,17H,6-7,11,13-14,20H2. The number of anilines is 1. The van der Waals surface area contributed by atoms with Crippen LogP contribution in [0.4, 0.5) is 5.69 Å². The summed E-state index contributed by atoms with van der Waals surface area (Å²) in [5, 5.41) is 0. The molecule has 0 radical (unpaired) electrons. The lowest BCUT2D eigenvalue weighted by Crippen LogP contribution is -2.34. The number of nitrogens with zero attached hydrogens (tertiary/aromatic N) is 1. The number of benzene rings is 2. The molecule has 2 N–H and O–H groups in total. The van der Waals surface area contributed by atoms with Gasteiger partial charge in [0.25, 0.3) is 0 Å². The molecule has 0 aromatic heterocycles. The molecule has 0 aliphatic carbocycles. The molecule has 0 spiro atoms. The van der Waals surface area contributed by atoms with E-state index in [1.54, 1.807) is 0 Å². The minimum atomic E-state index is -0.246. The summed E-state index contributed by atoms with van der Waals surface area (Å²) in [5.41, 5.74) is 9.55. The smallest absolute Gasteiger partial charge is 0.228 e. The molecule has 3 rings (SSSR count). The van der Waals surface area contributed by atoms with Crippen LogP contribution in [0.5, 0.6) is 0 Å². The van der Waals surface area contributed by atoms with E-state index in [0.29, 0.717) is 6.42 Å². The van der Waals surface area contributed by atoms with Gasteiger partial charge in [-0.25, -0.2) is 0 Å². The number of nitrogens with two attached hydrogens (primary N) is 1. The highest BCUT2D eigenvalue weighted by Crippen LogP contribution is 2.27. The van der Waals surface area contributed by atoms with Gasteiger partial charge < -0.3 is 10.6 Å². The van der Waals surface area contributed by atoms with Crippen LogP contribution in [0.3, 0.4) is 0 Å². The number of amides is 1. The van der Waals surface area contributed by atoms with E-state index in [4.69, 9.17) is 5.73 Å². The van der Waals surface area contributed by atoms with Crippen LogP contribution in [-0.4, -0.2) is 12.5 Å². The van der Waals surface area contributed by atoms with Gasteiger partial charge in [0.2, 0.25) is 5.91 Å². The number of hydrogen-bond acceptors (Lipinski definition) is 2. The molecule has 0 saturated heterocycles. The molecule has 2 aromatic rings. The first kappa shape index (κ1) is 14.8. The number of aryl methyl sites for hydroxylation is 1. The zero-order chi connectivity index (χ0) is 15.4. The maximum absolute atomic E-state index is 12.7. The van der Waals surface area contributed by atoms with Crippen molar-refractivity contribution in [3.8, 4) is 0 Å². The number of hydrogen-bond donors (Lipinski definition) is 1. The van der Waals surface area contributed by atoms with E-state index < -0.39 is 0 Å². The lowest BCUT2D eigenvalue weighted by molar-refractivity contribution is -0.119. The van der Waals surface area contributed by atoms with Gasteiger partial charge in [-0.05, 0) is 36.5 Å². The van der Waals surface area contributed by atoms with E-state index in [0.717, 1.165) is 37.1 Å². The monoisotopic (exact) mass is 294 g/mol. The van der Waals surface area contributed by atoms with Crippen LogP contribution in [0.1, 0.15) is 36.4 Å². The van der Waals surface area contributed by atoms with Crippen molar-refractivity contribution in [1.29, 1.82) is 0 Å². The zero-order valence-corrected chi connectivity index (χ0v) is 12.7. The predicted molar refractivity (Wildman–Crippen MR) is 89.7 cm³/mol. The predicted octanol–water partition coefficient (Wildman–Crippen LogP) is 3.45. The Kier molecular flexibility index (Phi) is 4.54. The molecule has 22 heavy (non-hydrogen) atoms. The van der Waals surface area contributed by atoms with Crippen molar-refractivity contribution in [2.45, 2.75) is 31.7 Å². The van der Waals surface area contributed by atoms with Gasteiger partial charge in [0.15, 0.2) is 0 Å². The fourth-order valence-electron chi connectivity index (χ4n) is 3.07. The topological polar surface area (TPSA) is 46.3 Å². The molecule has 3 heteroatoms. The second kappa shape index (κ2) is 6.75. The summed E-state index contributed by atoms with van der Waals surface area (Å²) in [6, 6.07) is 17.8. The van der Waals surface area contributed by atoms with Gasteiger partial charge >= 0.3 is 0 Å². The van der Waals surface area contributed by atoms with Crippen molar-refractivity contribution < 1.29 is 4.79 Å². The third-order valence-electron chi connectivity index (χ3n) is 4.28. The molecule has 0 saturated carbocycles. The van der Waals surface area contributed by atoms with Crippen LogP contribution in [0.15, 0.2) is 54.6 Å². The van der Waals surface area contributed by atoms with E-state index in [1.807, 2.05) is 53.4 Å². The van der Waals surface area contributed by atoms with Crippen molar-refractivity contribution in [2.24, 2.45) is 5.73 Å². The SMILES string of the molecule is NC(CC(=O)N1CCCCc2ccccc21)c1ccccc1. The maximum atomic E-state index is 12.7. The highest BCUT2D eigenvalue weighted by atomic mass is 16.2. The van der Waals surface area contributed by atoms with Gasteiger partial charge in [-0.15, -0.1) is 0 Å². The first-order chi connectivity index (χ1) is 10.8. The highest BCUT2D eigenvalue weighted by Gasteiger charge is 2.22. The number of carbonyl (C=O) groups excluding carboxylic acids is 1. The summed E-state index contributed by atoms with van der Waals surface area (Å²) in [4.78, 5) is 14.7. The molecule has 3 nitrogen and oxygen atoms in total. The van der Waals surface area contributed by atoms with Gasteiger partial charge in [0.1, 0.15) is 0 Å². The quantitative estimate of drug-likeness (QED) is 0.942. The number of carbonyl (C=O) groups is 1. The summed E-state index contributed by atoms with van der Waals surface area (Å²) < 4.78 is 0. The van der Waals surface area contributed by atoms with Gasteiger partial charge in [-0.1, -0.05) is 48.5 Å². The molecule has 1 amide bonds. The molecule has 1 heterocycles. The molecule has 1 atom stereocenters. The second-order valence-corrected chi connectivity index (χ2v) is 5.85. The Morgan fingerprint density at radius 1 is 1.05 bits per heavy atom. The number of rotatable bonds is 3. The van der Waals surface area contributed by atoms with Crippen LogP contribution >= 0.6 is 0 Å². The Morgan fingerprint density at radius 3 is 2.59 bits per heavy atom. The van der Waals surface area contributed by atoms with E-state index in [2.05, 4.69) is 6.07 Å². The lowest BCUT2D eigenvalue weighted by atomic mass is 10.0. The summed E-state index contributed by atoms with van der Waals surface area (Å²) in [5.74, 6) is 0.116. The van der Waals surface area contributed by atoms with E-state index in [-0.39, 0.29) is 11.9 Å². The second-order valence-electron chi connectivity index (χ2n) is 5.85. The molecule has 114 valence electrons. The fraction of sp³-hybridized carbons (Fsp3) is 0.316. The number of fused-ring (bicyclic) bond motifs is 1. The maximum Gasteiger partial charge on any atom is 0.228 e. The summed E-state index contributed by atoms with van der Waals surface area (Å²) >= 11 is 0. The van der Waals surface area contributed by atoms with Crippen molar-refractivity contribution in [2.75, 3.05) is 11.4 Å². The van der Waals surface area contributed by atoms with Gasteiger partial charge in [-0.2, -0.15) is 0 Å². The van der Waals surface area contributed by atoms with Crippen molar-refractivity contribution in [1.82, 2.24) is 0 Å². The summed E-state index contributed by atoms with van der Waals surface area (Å²) in [7, 11) is 0. The Labute approximate surface area is 131 Å².